The normalized spacial score (nSPS) is 10.1. The summed E-state index contributed by atoms with van der Waals surface area (Å²) in [5.74, 6) is 0.545. The van der Waals surface area contributed by atoms with E-state index in [1.807, 2.05) is 37.3 Å². The zero-order valence-corrected chi connectivity index (χ0v) is 15.9. The molecule has 7 heteroatoms. The Morgan fingerprint density at radius 2 is 1.56 bits per heavy atom. The predicted octanol–water partition coefficient (Wildman–Crippen LogP) is 3.09. The van der Waals surface area contributed by atoms with Crippen molar-refractivity contribution in [2.45, 2.75) is 13.3 Å². The van der Waals surface area contributed by atoms with E-state index in [0.717, 1.165) is 5.69 Å². The summed E-state index contributed by atoms with van der Waals surface area (Å²) >= 11 is 0. The molecule has 0 radical (unpaired) electrons. The van der Waals surface area contributed by atoms with Gasteiger partial charge in [0.1, 0.15) is 6.42 Å². The number of nitrogens with zero attached hydrogens (tertiary/aromatic N) is 1. The molecule has 2 aromatic carbocycles. The first kappa shape index (κ1) is 20.1. The second-order valence-corrected chi connectivity index (χ2v) is 5.61. The zero-order chi connectivity index (χ0) is 19.8. The summed E-state index contributed by atoms with van der Waals surface area (Å²) in [7, 11) is 4.48. The van der Waals surface area contributed by atoms with Crippen LogP contribution in [-0.4, -0.2) is 39.7 Å². The third kappa shape index (κ3) is 4.91. The molecule has 7 nitrogen and oxygen atoms in total. The summed E-state index contributed by atoms with van der Waals surface area (Å²) in [5.41, 5.74) is 1.20. The Labute approximate surface area is 158 Å². The summed E-state index contributed by atoms with van der Waals surface area (Å²) < 4.78 is 15.8. The standard InChI is InChI=1S/C20H24N2O5/c1-5-22(15-9-7-6-8-10-15)19(24)13-18(23)21-14-11-16(25-2)20(27-4)17(12-14)26-3/h6-12H,5,13H2,1-4H3,(H,21,23). The summed E-state index contributed by atoms with van der Waals surface area (Å²) in [6.07, 6.45) is -0.278. The Morgan fingerprint density at radius 1 is 0.963 bits per heavy atom. The molecule has 2 amide bonds. The number of amides is 2. The molecule has 0 aliphatic rings. The minimum absolute atomic E-state index is 0.278. The van der Waals surface area contributed by atoms with Crippen LogP contribution in [0.2, 0.25) is 0 Å². The maximum atomic E-state index is 12.5. The number of hydrogen-bond donors (Lipinski definition) is 1. The Balaban J connectivity index is 2.12. The molecular weight excluding hydrogens is 348 g/mol. The number of hydrogen-bond acceptors (Lipinski definition) is 5. The maximum absolute atomic E-state index is 12.5. The van der Waals surface area contributed by atoms with Crippen LogP contribution < -0.4 is 24.4 Å². The van der Waals surface area contributed by atoms with Gasteiger partial charge in [-0.05, 0) is 19.1 Å². The molecule has 0 heterocycles. The van der Waals surface area contributed by atoms with Crippen molar-refractivity contribution in [3.05, 3.63) is 42.5 Å². The smallest absolute Gasteiger partial charge is 0.236 e. The van der Waals surface area contributed by atoms with Crippen LogP contribution in [0.4, 0.5) is 11.4 Å². The number of benzene rings is 2. The van der Waals surface area contributed by atoms with E-state index in [1.54, 1.807) is 17.0 Å². The van der Waals surface area contributed by atoms with Gasteiger partial charge in [-0.15, -0.1) is 0 Å². The van der Waals surface area contributed by atoms with Crippen molar-refractivity contribution in [2.75, 3.05) is 38.1 Å². The van der Waals surface area contributed by atoms with Crippen molar-refractivity contribution in [3.8, 4) is 17.2 Å². The third-order valence-corrected chi connectivity index (χ3v) is 3.95. The van der Waals surface area contributed by atoms with E-state index in [-0.39, 0.29) is 12.3 Å². The van der Waals surface area contributed by atoms with E-state index in [9.17, 15) is 9.59 Å². The molecule has 0 saturated carbocycles. The van der Waals surface area contributed by atoms with E-state index < -0.39 is 5.91 Å². The molecular formula is C20H24N2O5. The van der Waals surface area contributed by atoms with Crippen LogP contribution in [0.15, 0.2) is 42.5 Å². The van der Waals surface area contributed by atoms with Gasteiger partial charge in [0.15, 0.2) is 11.5 Å². The molecule has 0 aliphatic carbocycles. The van der Waals surface area contributed by atoms with E-state index in [2.05, 4.69) is 5.32 Å². The number of ether oxygens (including phenoxy) is 3. The van der Waals surface area contributed by atoms with E-state index >= 15 is 0 Å². The van der Waals surface area contributed by atoms with E-state index in [1.165, 1.54) is 21.3 Å². The van der Waals surface area contributed by atoms with Gasteiger partial charge in [-0.1, -0.05) is 18.2 Å². The number of para-hydroxylation sites is 1. The van der Waals surface area contributed by atoms with Crippen molar-refractivity contribution >= 4 is 23.2 Å². The minimum Gasteiger partial charge on any atom is -0.493 e. The average molecular weight is 372 g/mol. The molecule has 144 valence electrons. The van der Waals surface area contributed by atoms with Gasteiger partial charge >= 0.3 is 0 Å². The number of rotatable bonds is 8. The van der Waals surface area contributed by atoms with Gasteiger partial charge in [0.2, 0.25) is 17.6 Å². The summed E-state index contributed by atoms with van der Waals surface area (Å²) in [6, 6.07) is 12.5. The molecule has 0 fully saturated rings. The highest BCUT2D eigenvalue weighted by Gasteiger charge is 2.19. The summed E-state index contributed by atoms with van der Waals surface area (Å²) in [4.78, 5) is 26.4. The average Bonchev–Trinajstić information content (AvgIpc) is 2.68. The molecule has 0 aromatic heterocycles. The lowest BCUT2D eigenvalue weighted by atomic mass is 10.2. The van der Waals surface area contributed by atoms with Crippen LogP contribution in [0.1, 0.15) is 13.3 Å². The van der Waals surface area contributed by atoms with Gasteiger partial charge in [-0.2, -0.15) is 0 Å². The van der Waals surface area contributed by atoms with Gasteiger partial charge in [-0.25, -0.2) is 0 Å². The highest BCUT2D eigenvalue weighted by molar-refractivity contribution is 6.09. The van der Waals surface area contributed by atoms with Crippen LogP contribution in [-0.2, 0) is 9.59 Å². The molecule has 2 rings (SSSR count). The number of nitrogens with one attached hydrogen (secondary N) is 1. The Kier molecular flexibility index (Phi) is 7.05. The largest absolute Gasteiger partial charge is 0.493 e. The highest BCUT2D eigenvalue weighted by Crippen LogP contribution is 2.39. The lowest BCUT2D eigenvalue weighted by Crippen LogP contribution is -2.33. The van der Waals surface area contributed by atoms with Crippen molar-refractivity contribution in [1.82, 2.24) is 0 Å². The van der Waals surface area contributed by atoms with Crippen LogP contribution in [0.25, 0.3) is 0 Å². The minimum atomic E-state index is -0.427. The molecule has 27 heavy (non-hydrogen) atoms. The quantitative estimate of drug-likeness (QED) is 0.721. The molecule has 2 aromatic rings. The SMILES string of the molecule is CCN(C(=O)CC(=O)Nc1cc(OC)c(OC)c(OC)c1)c1ccccc1. The fourth-order valence-corrected chi connectivity index (χ4v) is 2.70. The first-order valence-electron chi connectivity index (χ1n) is 8.49. The van der Waals surface area contributed by atoms with Crippen LogP contribution in [0, 0.1) is 0 Å². The maximum Gasteiger partial charge on any atom is 0.236 e. The van der Waals surface area contributed by atoms with Crippen LogP contribution in [0.3, 0.4) is 0 Å². The second-order valence-electron chi connectivity index (χ2n) is 5.61. The van der Waals surface area contributed by atoms with Gasteiger partial charge in [-0.3, -0.25) is 9.59 Å². The Hall–Kier alpha value is -3.22. The highest BCUT2D eigenvalue weighted by atomic mass is 16.5. The fraction of sp³-hybridized carbons (Fsp3) is 0.300. The molecule has 0 aliphatic heterocycles. The number of methoxy groups -OCH3 is 3. The van der Waals surface area contributed by atoms with Gasteiger partial charge in [0.05, 0.1) is 21.3 Å². The van der Waals surface area contributed by atoms with Gasteiger partial charge in [0.25, 0.3) is 0 Å². The van der Waals surface area contributed by atoms with E-state index in [0.29, 0.717) is 29.5 Å². The lowest BCUT2D eigenvalue weighted by molar-refractivity contribution is -0.125. The number of carbonyl (C=O) groups excluding carboxylic acids is 2. The first-order valence-corrected chi connectivity index (χ1v) is 8.49. The van der Waals surface area contributed by atoms with Crippen molar-refractivity contribution in [1.29, 1.82) is 0 Å². The second kappa shape index (κ2) is 9.47. The molecule has 1 N–H and O–H groups in total. The number of anilines is 2. The Bertz CT molecular complexity index is 767. The lowest BCUT2D eigenvalue weighted by Gasteiger charge is -2.21. The molecule has 0 unspecified atom stereocenters. The monoisotopic (exact) mass is 372 g/mol. The van der Waals surface area contributed by atoms with Crippen molar-refractivity contribution < 1.29 is 23.8 Å². The van der Waals surface area contributed by atoms with Gasteiger partial charge < -0.3 is 24.4 Å². The van der Waals surface area contributed by atoms with E-state index in [4.69, 9.17) is 14.2 Å². The first-order chi connectivity index (χ1) is 13.0. The topological polar surface area (TPSA) is 77.1 Å². The Morgan fingerprint density at radius 3 is 2.04 bits per heavy atom. The molecule has 0 spiro atoms. The summed E-state index contributed by atoms with van der Waals surface area (Å²) in [5, 5.41) is 2.70. The van der Waals surface area contributed by atoms with Crippen molar-refractivity contribution in [3.63, 3.8) is 0 Å². The number of carbonyl (C=O) groups is 2. The third-order valence-electron chi connectivity index (χ3n) is 3.95. The van der Waals surface area contributed by atoms with Crippen molar-refractivity contribution in [2.24, 2.45) is 0 Å². The fourth-order valence-electron chi connectivity index (χ4n) is 2.70. The molecule has 0 atom stereocenters. The van der Waals surface area contributed by atoms with Gasteiger partial charge in [0, 0.05) is 30.1 Å². The zero-order valence-electron chi connectivity index (χ0n) is 15.9. The molecule has 0 saturated heterocycles. The van der Waals surface area contributed by atoms with Crippen LogP contribution >= 0.6 is 0 Å². The molecule has 0 bridgehead atoms. The predicted molar refractivity (Wildman–Crippen MR) is 104 cm³/mol. The summed E-state index contributed by atoms with van der Waals surface area (Å²) in [6.45, 7) is 2.34. The van der Waals surface area contributed by atoms with Crippen LogP contribution in [0.5, 0.6) is 17.2 Å².